The van der Waals surface area contributed by atoms with Crippen molar-refractivity contribution in [1.29, 1.82) is 0 Å². The summed E-state index contributed by atoms with van der Waals surface area (Å²) in [5.41, 5.74) is 1.61. The number of hydrogen-bond donors (Lipinski definition) is 2. The molecular formula is C12H16N2O2. The van der Waals surface area contributed by atoms with Crippen LogP contribution in [0.1, 0.15) is 17.3 Å². The van der Waals surface area contributed by atoms with Crippen molar-refractivity contribution in [2.75, 3.05) is 25.5 Å². The molecule has 0 amide bonds. The Morgan fingerprint density at radius 3 is 3.12 bits per heavy atom. The molecule has 0 aromatic heterocycles. The number of carbonyl (C=O) groups excluding carboxylic acids is 1. The number of ketones is 1. The molecule has 1 aliphatic heterocycles. The van der Waals surface area contributed by atoms with Crippen molar-refractivity contribution in [3.8, 4) is 5.75 Å². The maximum absolute atomic E-state index is 11.9. The van der Waals surface area contributed by atoms with Crippen LogP contribution in [0.3, 0.4) is 0 Å². The minimum absolute atomic E-state index is 0.0951. The molecule has 2 N–H and O–H groups in total. The lowest BCUT2D eigenvalue weighted by Crippen LogP contribution is -2.30. The molecule has 1 heterocycles. The summed E-state index contributed by atoms with van der Waals surface area (Å²) in [6.45, 7) is 3.31. The summed E-state index contributed by atoms with van der Waals surface area (Å²) >= 11 is 0. The number of carbonyl (C=O) groups is 1. The summed E-state index contributed by atoms with van der Waals surface area (Å²) in [4.78, 5) is 11.9. The fourth-order valence-electron chi connectivity index (χ4n) is 1.68. The van der Waals surface area contributed by atoms with Crippen LogP contribution in [-0.4, -0.2) is 32.0 Å². The predicted octanol–water partition coefficient (Wildman–Crippen LogP) is 1.28. The molecule has 4 heteroatoms. The fourth-order valence-corrected chi connectivity index (χ4v) is 1.68. The van der Waals surface area contributed by atoms with E-state index in [-0.39, 0.29) is 11.8 Å². The van der Waals surface area contributed by atoms with Gasteiger partial charge in [-0.25, -0.2) is 0 Å². The van der Waals surface area contributed by atoms with E-state index in [4.69, 9.17) is 4.74 Å². The quantitative estimate of drug-likeness (QED) is 0.753. The fraction of sp³-hybridized carbons (Fsp3) is 0.417. The third-order valence-electron chi connectivity index (χ3n) is 2.77. The van der Waals surface area contributed by atoms with E-state index < -0.39 is 0 Å². The number of anilines is 1. The van der Waals surface area contributed by atoms with Crippen molar-refractivity contribution in [3.05, 3.63) is 23.8 Å². The van der Waals surface area contributed by atoms with E-state index >= 15 is 0 Å². The molecule has 0 saturated heterocycles. The number of hydrogen-bond acceptors (Lipinski definition) is 4. The molecule has 0 bridgehead atoms. The molecule has 1 unspecified atom stereocenters. The Morgan fingerprint density at radius 2 is 2.38 bits per heavy atom. The molecule has 1 aromatic carbocycles. The van der Waals surface area contributed by atoms with Crippen LogP contribution in [0.15, 0.2) is 18.2 Å². The summed E-state index contributed by atoms with van der Waals surface area (Å²) in [6.07, 6.45) is 0. The second-order valence-electron chi connectivity index (χ2n) is 3.86. The van der Waals surface area contributed by atoms with Crippen LogP contribution < -0.4 is 15.4 Å². The summed E-state index contributed by atoms with van der Waals surface area (Å²) in [5, 5.41) is 6.16. The minimum Gasteiger partial charge on any atom is -0.490 e. The average Bonchev–Trinajstić information content (AvgIpc) is 2.36. The normalized spacial score (nSPS) is 15.6. The lowest BCUT2D eigenvalue weighted by Gasteiger charge is -2.20. The summed E-state index contributed by atoms with van der Waals surface area (Å²) in [6, 6.07) is 5.34. The highest BCUT2D eigenvalue weighted by Gasteiger charge is 2.16. The maximum Gasteiger partial charge on any atom is 0.179 e. The molecule has 86 valence electrons. The zero-order chi connectivity index (χ0) is 11.5. The van der Waals surface area contributed by atoms with Gasteiger partial charge in [-0.05, 0) is 32.2 Å². The Bertz CT molecular complexity index is 404. The molecular weight excluding hydrogens is 204 g/mol. The van der Waals surface area contributed by atoms with E-state index in [1.807, 2.05) is 25.1 Å². The Labute approximate surface area is 95.0 Å². The lowest BCUT2D eigenvalue weighted by atomic mass is 10.0. The van der Waals surface area contributed by atoms with E-state index in [0.717, 1.165) is 18.0 Å². The minimum atomic E-state index is -0.164. The topological polar surface area (TPSA) is 50.4 Å². The van der Waals surface area contributed by atoms with Gasteiger partial charge in [0.05, 0.1) is 11.7 Å². The zero-order valence-electron chi connectivity index (χ0n) is 9.54. The first-order valence-electron chi connectivity index (χ1n) is 5.44. The van der Waals surface area contributed by atoms with Gasteiger partial charge in [-0.3, -0.25) is 4.79 Å². The maximum atomic E-state index is 11.9. The van der Waals surface area contributed by atoms with Gasteiger partial charge in [0.15, 0.2) is 5.78 Å². The Morgan fingerprint density at radius 1 is 1.56 bits per heavy atom. The van der Waals surface area contributed by atoms with Crippen molar-refractivity contribution in [1.82, 2.24) is 5.32 Å². The molecule has 0 radical (unpaired) electrons. The third kappa shape index (κ3) is 2.02. The van der Waals surface area contributed by atoms with Gasteiger partial charge in [-0.15, -0.1) is 0 Å². The Hall–Kier alpha value is -1.55. The van der Waals surface area contributed by atoms with Gasteiger partial charge in [0.1, 0.15) is 12.4 Å². The van der Waals surface area contributed by atoms with Gasteiger partial charge in [0.2, 0.25) is 0 Å². The smallest absolute Gasteiger partial charge is 0.179 e. The lowest BCUT2D eigenvalue weighted by molar-refractivity contribution is 0.0955. The highest BCUT2D eigenvalue weighted by molar-refractivity contribution is 6.00. The molecule has 0 saturated carbocycles. The van der Waals surface area contributed by atoms with Gasteiger partial charge in [0.25, 0.3) is 0 Å². The number of fused-ring (bicyclic) bond motifs is 1. The van der Waals surface area contributed by atoms with Crippen LogP contribution in [0.4, 0.5) is 5.69 Å². The zero-order valence-corrected chi connectivity index (χ0v) is 9.54. The predicted molar refractivity (Wildman–Crippen MR) is 63.3 cm³/mol. The summed E-state index contributed by atoms with van der Waals surface area (Å²) < 4.78 is 5.46. The van der Waals surface area contributed by atoms with E-state index in [1.165, 1.54) is 0 Å². The molecule has 0 fully saturated rings. The van der Waals surface area contributed by atoms with Gasteiger partial charge < -0.3 is 15.4 Å². The second kappa shape index (κ2) is 4.53. The first-order valence-corrected chi connectivity index (χ1v) is 5.44. The Kier molecular flexibility index (Phi) is 3.10. The summed E-state index contributed by atoms with van der Waals surface area (Å²) in [5.74, 6) is 0.914. The van der Waals surface area contributed by atoms with Crippen LogP contribution in [-0.2, 0) is 0 Å². The molecule has 1 aromatic rings. The first-order chi connectivity index (χ1) is 7.72. The van der Waals surface area contributed by atoms with Crippen molar-refractivity contribution >= 4 is 11.5 Å². The van der Waals surface area contributed by atoms with Crippen LogP contribution >= 0.6 is 0 Å². The van der Waals surface area contributed by atoms with Crippen molar-refractivity contribution in [3.63, 3.8) is 0 Å². The molecule has 0 spiro atoms. The average molecular weight is 220 g/mol. The third-order valence-corrected chi connectivity index (χ3v) is 2.77. The van der Waals surface area contributed by atoms with E-state index in [0.29, 0.717) is 12.2 Å². The molecule has 1 atom stereocenters. The second-order valence-corrected chi connectivity index (χ2v) is 3.86. The molecule has 16 heavy (non-hydrogen) atoms. The molecule has 4 nitrogen and oxygen atoms in total. The highest BCUT2D eigenvalue weighted by atomic mass is 16.5. The van der Waals surface area contributed by atoms with E-state index in [9.17, 15) is 4.79 Å². The highest BCUT2D eigenvalue weighted by Crippen LogP contribution is 2.28. The number of nitrogens with one attached hydrogen (secondary N) is 2. The number of rotatable bonds is 3. The molecule has 0 aliphatic carbocycles. The first kappa shape index (κ1) is 11.0. The number of ether oxygens (including phenoxy) is 1. The van der Waals surface area contributed by atoms with Gasteiger partial charge in [-0.2, -0.15) is 0 Å². The van der Waals surface area contributed by atoms with Crippen molar-refractivity contribution < 1.29 is 9.53 Å². The Balaban J connectivity index is 2.26. The number of likely N-dealkylation sites (N-methyl/N-ethyl adjacent to an activating group) is 1. The SMILES string of the molecule is CNC(C)C(=O)c1ccc2c(c1)NCCO2. The molecule has 1 aliphatic rings. The monoisotopic (exact) mass is 220 g/mol. The van der Waals surface area contributed by atoms with E-state index in [1.54, 1.807) is 7.05 Å². The van der Waals surface area contributed by atoms with Crippen LogP contribution in [0.5, 0.6) is 5.75 Å². The number of Topliss-reactive ketones (excluding diaryl/α,β-unsaturated/α-hetero) is 1. The van der Waals surface area contributed by atoms with Gasteiger partial charge in [-0.1, -0.05) is 0 Å². The summed E-state index contributed by atoms with van der Waals surface area (Å²) in [7, 11) is 1.78. The number of benzene rings is 1. The van der Waals surface area contributed by atoms with Crippen molar-refractivity contribution in [2.24, 2.45) is 0 Å². The largest absolute Gasteiger partial charge is 0.490 e. The van der Waals surface area contributed by atoms with Crippen LogP contribution in [0, 0.1) is 0 Å². The van der Waals surface area contributed by atoms with Crippen molar-refractivity contribution in [2.45, 2.75) is 13.0 Å². The standard InChI is InChI=1S/C12H16N2O2/c1-8(13-2)12(15)9-3-4-11-10(7-9)14-5-6-16-11/h3-4,7-8,13-14H,5-6H2,1-2H3. The van der Waals surface area contributed by atoms with E-state index in [2.05, 4.69) is 10.6 Å². The van der Waals surface area contributed by atoms with Crippen LogP contribution in [0.25, 0.3) is 0 Å². The van der Waals surface area contributed by atoms with Gasteiger partial charge in [0, 0.05) is 12.1 Å². The molecule has 2 rings (SSSR count). The van der Waals surface area contributed by atoms with Gasteiger partial charge >= 0.3 is 0 Å². The van der Waals surface area contributed by atoms with Crippen LogP contribution in [0.2, 0.25) is 0 Å².